The molecule has 28 heavy (non-hydrogen) atoms. The second kappa shape index (κ2) is 9.62. The van der Waals surface area contributed by atoms with Crippen molar-refractivity contribution in [2.45, 2.75) is 31.6 Å². The fourth-order valence-electron chi connectivity index (χ4n) is 3.65. The van der Waals surface area contributed by atoms with Crippen LogP contribution in [0.2, 0.25) is 0 Å². The van der Waals surface area contributed by atoms with E-state index in [1.165, 1.54) is 11.1 Å². The van der Waals surface area contributed by atoms with Gasteiger partial charge in [0.2, 0.25) is 0 Å². The molecule has 2 heterocycles. The lowest BCUT2D eigenvalue weighted by Crippen LogP contribution is -2.45. The first-order valence-electron chi connectivity index (χ1n) is 9.51. The van der Waals surface area contributed by atoms with Crippen LogP contribution < -0.4 is 10.1 Å². The SMILES string of the molecule is CN=C(NCC(C)(C)c1ccc(OC)cc1)N1CCC(c2cnn(C)c2)C1.I. The fraction of sp³-hybridized carbons (Fsp3) is 0.524. The average molecular weight is 497 g/mol. The molecule has 2 aromatic rings. The van der Waals surface area contributed by atoms with E-state index >= 15 is 0 Å². The number of rotatable bonds is 5. The molecular weight excluding hydrogens is 465 g/mol. The van der Waals surface area contributed by atoms with Gasteiger partial charge in [-0.1, -0.05) is 26.0 Å². The molecule has 0 spiro atoms. The number of halogens is 1. The van der Waals surface area contributed by atoms with Crippen LogP contribution in [0, 0.1) is 0 Å². The lowest BCUT2D eigenvalue weighted by Gasteiger charge is -2.29. The lowest BCUT2D eigenvalue weighted by molar-refractivity contribution is 0.413. The lowest BCUT2D eigenvalue weighted by atomic mass is 9.84. The minimum atomic E-state index is -0.00924. The van der Waals surface area contributed by atoms with Crippen LogP contribution in [0.25, 0.3) is 0 Å². The van der Waals surface area contributed by atoms with Crippen LogP contribution in [0.1, 0.15) is 37.3 Å². The van der Waals surface area contributed by atoms with Gasteiger partial charge in [0.15, 0.2) is 5.96 Å². The molecule has 0 saturated carbocycles. The Bertz CT molecular complexity index is 784. The Balaban J connectivity index is 0.00000280. The Morgan fingerprint density at radius 3 is 2.61 bits per heavy atom. The smallest absolute Gasteiger partial charge is 0.193 e. The van der Waals surface area contributed by atoms with Gasteiger partial charge < -0.3 is 15.0 Å². The normalized spacial score (nSPS) is 17.4. The van der Waals surface area contributed by atoms with E-state index in [-0.39, 0.29) is 29.4 Å². The molecule has 154 valence electrons. The van der Waals surface area contributed by atoms with E-state index in [1.807, 2.05) is 37.1 Å². The molecule has 7 heteroatoms. The molecule has 1 saturated heterocycles. The van der Waals surface area contributed by atoms with Crippen LogP contribution in [0.3, 0.4) is 0 Å². The summed E-state index contributed by atoms with van der Waals surface area (Å²) in [6.07, 6.45) is 5.24. The van der Waals surface area contributed by atoms with Gasteiger partial charge in [0.25, 0.3) is 0 Å². The van der Waals surface area contributed by atoms with Crippen molar-refractivity contribution < 1.29 is 4.74 Å². The maximum absolute atomic E-state index is 5.27. The highest BCUT2D eigenvalue weighted by Crippen LogP contribution is 2.27. The van der Waals surface area contributed by atoms with Crippen LogP contribution >= 0.6 is 24.0 Å². The van der Waals surface area contributed by atoms with Gasteiger partial charge in [-0.05, 0) is 29.7 Å². The highest BCUT2D eigenvalue weighted by molar-refractivity contribution is 14.0. The van der Waals surface area contributed by atoms with E-state index in [9.17, 15) is 0 Å². The summed E-state index contributed by atoms with van der Waals surface area (Å²) in [4.78, 5) is 6.87. The maximum atomic E-state index is 5.27. The van der Waals surface area contributed by atoms with Gasteiger partial charge in [0.05, 0.1) is 13.3 Å². The van der Waals surface area contributed by atoms with Gasteiger partial charge in [-0.3, -0.25) is 9.67 Å². The number of hydrogen-bond acceptors (Lipinski definition) is 3. The van der Waals surface area contributed by atoms with E-state index in [1.54, 1.807) is 7.11 Å². The first kappa shape index (κ1) is 22.5. The van der Waals surface area contributed by atoms with Crippen LogP contribution in [0.4, 0.5) is 0 Å². The standard InChI is InChI=1S/C21H31N5O.HI/c1-21(2,18-6-8-19(27-5)9-7-18)15-23-20(22-3)26-11-10-16(14-26)17-12-24-25(4)13-17;/h6-9,12-13,16H,10-11,14-15H2,1-5H3,(H,22,23);1H. The number of hydrogen-bond donors (Lipinski definition) is 1. The highest BCUT2D eigenvalue weighted by atomic mass is 127. The Labute approximate surface area is 185 Å². The number of aliphatic imine (C=N–C) groups is 1. The number of likely N-dealkylation sites (tertiary alicyclic amines) is 1. The Kier molecular flexibility index (Phi) is 7.74. The third-order valence-electron chi connectivity index (χ3n) is 5.46. The summed E-state index contributed by atoms with van der Waals surface area (Å²) in [5.41, 5.74) is 2.58. The van der Waals surface area contributed by atoms with E-state index < -0.39 is 0 Å². The molecule has 0 bridgehead atoms. The molecule has 0 radical (unpaired) electrons. The van der Waals surface area contributed by atoms with Crippen molar-refractivity contribution in [2.75, 3.05) is 33.8 Å². The van der Waals surface area contributed by atoms with Gasteiger partial charge in [-0.15, -0.1) is 24.0 Å². The molecule has 1 aliphatic heterocycles. The number of nitrogens with one attached hydrogen (secondary N) is 1. The predicted octanol–water partition coefficient (Wildman–Crippen LogP) is 3.39. The van der Waals surface area contributed by atoms with Gasteiger partial charge in [0, 0.05) is 51.3 Å². The summed E-state index contributed by atoms with van der Waals surface area (Å²) in [7, 11) is 5.53. The number of aromatic nitrogens is 2. The molecule has 1 fully saturated rings. The van der Waals surface area contributed by atoms with Crippen LogP contribution in [0.5, 0.6) is 5.75 Å². The number of benzene rings is 1. The number of guanidine groups is 1. The van der Waals surface area contributed by atoms with Crippen LogP contribution in [-0.2, 0) is 12.5 Å². The largest absolute Gasteiger partial charge is 0.497 e. The highest BCUT2D eigenvalue weighted by Gasteiger charge is 2.28. The molecule has 1 atom stereocenters. The monoisotopic (exact) mass is 497 g/mol. The summed E-state index contributed by atoms with van der Waals surface area (Å²) in [5.74, 6) is 2.38. The third kappa shape index (κ3) is 5.18. The quantitative estimate of drug-likeness (QED) is 0.391. The van der Waals surface area contributed by atoms with E-state index in [0.717, 1.165) is 37.8 Å². The average Bonchev–Trinajstić information content (AvgIpc) is 3.31. The summed E-state index contributed by atoms with van der Waals surface area (Å²) >= 11 is 0. The van der Waals surface area contributed by atoms with E-state index in [2.05, 4.69) is 52.5 Å². The molecule has 3 rings (SSSR count). The zero-order chi connectivity index (χ0) is 19.4. The second-order valence-corrected chi connectivity index (χ2v) is 7.89. The second-order valence-electron chi connectivity index (χ2n) is 7.89. The van der Waals surface area contributed by atoms with Gasteiger partial charge >= 0.3 is 0 Å². The number of aryl methyl sites for hydroxylation is 1. The first-order chi connectivity index (χ1) is 12.9. The molecule has 6 nitrogen and oxygen atoms in total. The molecule has 1 N–H and O–H groups in total. The molecule has 0 aliphatic carbocycles. The van der Waals surface area contributed by atoms with Gasteiger partial charge in [-0.2, -0.15) is 5.10 Å². The van der Waals surface area contributed by atoms with Crippen molar-refractivity contribution in [2.24, 2.45) is 12.0 Å². The van der Waals surface area contributed by atoms with Crippen molar-refractivity contribution in [3.05, 3.63) is 47.8 Å². The van der Waals surface area contributed by atoms with Crippen molar-refractivity contribution in [3.8, 4) is 5.75 Å². The Morgan fingerprint density at radius 2 is 2.04 bits per heavy atom. The topological polar surface area (TPSA) is 54.7 Å². The molecule has 0 amide bonds. The third-order valence-corrected chi connectivity index (χ3v) is 5.46. The van der Waals surface area contributed by atoms with Crippen molar-refractivity contribution in [1.82, 2.24) is 20.0 Å². The molecule has 1 aromatic heterocycles. The molecule has 1 unspecified atom stereocenters. The van der Waals surface area contributed by atoms with Crippen LogP contribution in [0.15, 0.2) is 41.7 Å². The zero-order valence-electron chi connectivity index (χ0n) is 17.5. The van der Waals surface area contributed by atoms with Crippen LogP contribution in [-0.4, -0.2) is 54.4 Å². The molecule has 1 aliphatic rings. The number of nitrogens with zero attached hydrogens (tertiary/aromatic N) is 4. The molecule has 1 aromatic carbocycles. The van der Waals surface area contributed by atoms with Gasteiger partial charge in [-0.25, -0.2) is 0 Å². The summed E-state index contributed by atoms with van der Waals surface area (Å²) in [6.45, 7) is 7.31. The summed E-state index contributed by atoms with van der Waals surface area (Å²) < 4.78 is 7.14. The minimum Gasteiger partial charge on any atom is -0.497 e. The Morgan fingerprint density at radius 1 is 1.32 bits per heavy atom. The van der Waals surface area contributed by atoms with Crippen molar-refractivity contribution >= 4 is 29.9 Å². The zero-order valence-corrected chi connectivity index (χ0v) is 19.8. The van der Waals surface area contributed by atoms with Gasteiger partial charge in [0.1, 0.15) is 5.75 Å². The predicted molar refractivity (Wildman–Crippen MR) is 125 cm³/mol. The van der Waals surface area contributed by atoms with E-state index in [4.69, 9.17) is 4.74 Å². The Hall–Kier alpha value is -1.77. The minimum absolute atomic E-state index is 0. The summed E-state index contributed by atoms with van der Waals surface area (Å²) in [6, 6.07) is 8.31. The maximum Gasteiger partial charge on any atom is 0.193 e. The number of methoxy groups -OCH3 is 1. The summed E-state index contributed by atoms with van der Waals surface area (Å²) in [5, 5.41) is 7.89. The van der Waals surface area contributed by atoms with E-state index in [0.29, 0.717) is 5.92 Å². The van der Waals surface area contributed by atoms with Crippen molar-refractivity contribution in [3.63, 3.8) is 0 Å². The first-order valence-corrected chi connectivity index (χ1v) is 9.51. The van der Waals surface area contributed by atoms with Crippen molar-refractivity contribution in [1.29, 1.82) is 0 Å². The number of ether oxygens (including phenoxy) is 1. The fourth-order valence-corrected chi connectivity index (χ4v) is 3.65. The molecular formula is C21H32IN5O.